The molecule has 1 rings (SSSR count). The van der Waals surface area contributed by atoms with Gasteiger partial charge in [0.15, 0.2) is 0 Å². The number of benzene rings is 1. The van der Waals surface area contributed by atoms with E-state index < -0.39 is 17.5 Å². The van der Waals surface area contributed by atoms with Crippen molar-refractivity contribution < 1.29 is 19.4 Å². The second kappa shape index (κ2) is 8.57. The Balaban J connectivity index is 2.91. The smallest absolute Gasteiger partial charge is 0.307 e. The topological polar surface area (TPSA) is 63.6 Å². The Hall–Kier alpha value is -1.84. The Labute approximate surface area is 132 Å². The quantitative estimate of drug-likeness (QED) is 0.697. The van der Waals surface area contributed by atoms with E-state index in [0.717, 1.165) is 24.8 Å². The van der Waals surface area contributed by atoms with E-state index in [2.05, 4.69) is 13.8 Å². The number of ether oxygens (including phenoxy) is 1. The molecule has 1 atom stereocenters. The SMILES string of the molecule is CCC(CC)CC(C)(OC(=O)CCC(=O)O)c1ccccc1. The Morgan fingerprint density at radius 2 is 1.73 bits per heavy atom. The highest BCUT2D eigenvalue weighted by Gasteiger charge is 2.33. The van der Waals surface area contributed by atoms with Crippen LogP contribution >= 0.6 is 0 Å². The zero-order chi connectivity index (χ0) is 16.6. The molecule has 0 amide bonds. The van der Waals surface area contributed by atoms with Crippen molar-refractivity contribution in [1.82, 2.24) is 0 Å². The summed E-state index contributed by atoms with van der Waals surface area (Å²) in [5.41, 5.74) is 0.235. The van der Waals surface area contributed by atoms with Crippen LogP contribution in [0.3, 0.4) is 0 Å². The Bertz CT molecular complexity index is 479. The summed E-state index contributed by atoms with van der Waals surface area (Å²) in [7, 11) is 0. The summed E-state index contributed by atoms with van der Waals surface area (Å²) >= 11 is 0. The summed E-state index contributed by atoms with van der Waals surface area (Å²) in [6.45, 7) is 6.18. The van der Waals surface area contributed by atoms with Gasteiger partial charge < -0.3 is 9.84 Å². The van der Waals surface area contributed by atoms with Crippen LogP contribution in [0.1, 0.15) is 58.4 Å². The molecule has 122 valence electrons. The van der Waals surface area contributed by atoms with Crippen LogP contribution in [0.25, 0.3) is 0 Å². The molecule has 0 aliphatic carbocycles. The van der Waals surface area contributed by atoms with E-state index in [1.54, 1.807) is 0 Å². The number of carbonyl (C=O) groups is 2. The highest BCUT2D eigenvalue weighted by atomic mass is 16.6. The maximum atomic E-state index is 12.0. The Morgan fingerprint density at radius 1 is 1.14 bits per heavy atom. The fraction of sp³-hybridized carbons (Fsp3) is 0.556. The number of hydrogen-bond donors (Lipinski definition) is 1. The van der Waals surface area contributed by atoms with Crippen molar-refractivity contribution in [2.24, 2.45) is 5.92 Å². The normalized spacial score (nSPS) is 13.6. The molecule has 1 aromatic rings. The molecule has 22 heavy (non-hydrogen) atoms. The van der Waals surface area contributed by atoms with E-state index in [0.29, 0.717) is 5.92 Å². The predicted molar refractivity (Wildman–Crippen MR) is 85.4 cm³/mol. The molecule has 0 radical (unpaired) electrons. The third kappa shape index (κ3) is 5.51. The van der Waals surface area contributed by atoms with E-state index in [9.17, 15) is 9.59 Å². The first-order valence-electron chi connectivity index (χ1n) is 7.90. The average molecular weight is 306 g/mol. The van der Waals surface area contributed by atoms with Gasteiger partial charge in [-0.2, -0.15) is 0 Å². The average Bonchev–Trinajstić information content (AvgIpc) is 2.51. The molecular weight excluding hydrogens is 280 g/mol. The Kier molecular flexibility index (Phi) is 7.09. The lowest BCUT2D eigenvalue weighted by Gasteiger charge is -2.33. The van der Waals surface area contributed by atoms with Crippen molar-refractivity contribution in [2.45, 2.75) is 58.5 Å². The minimum atomic E-state index is -0.988. The molecular formula is C18H26O4. The van der Waals surface area contributed by atoms with Crippen LogP contribution in [0.15, 0.2) is 30.3 Å². The Morgan fingerprint density at radius 3 is 2.23 bits per heavy atom. The highest BCUT2D eigenvalue weighted by molar-refractivity contribution is 5.76. The largest absolute Gasteiger partial charge is 0.481 e. The van der Waals surface area contributed by atoms with Crippen LogP contribution in [0.4, 0.5) is 0 Å². The van der Waals surface area contributed by atoms with Gasteiger partial charge in [-0.3, -0.25) is 9.59 Å². The van der Waals surface area contributed by atoms with Crippen LogP contribution in [0, 0.1) is 5.92 Å². The zero-order valence-electron chi connectivity index (χ0n) is 13.7. The van der Waals surface area contributed by atoms with E-state index >= 15 is 0 Å². The van der Waals surface area contributed by atoms with Crippen molar-refractivity contribution in [1.29, 1.82) is 0 Å². The molecule has 0 aromatic heterocycles. The fourth-order valence-electron chi connectivity index (χ4n) is 2.65. The van der Waals surface area contributed by atoms with Crippen molar-refractivity contribution in [3.05, 3.63) is 35.9 Å². The zero-order valence-corrected chi connectivity index (χ0v) is 13.7. The van der Waals surface area contributed by atoms with Gasteiger partial charge in [0.25, 0.3) is 0 Å². The van der Waals surface area contributed by atoms with Gasteiger partial charge >= 0.3 is 11.9 Å². The van der Waals surface area contributed by atoms with Crippen LogP contribution in [0.2, 0.25) is 0 Å². The van der Waals surface area contributed by atoms with Gasteiger partial charge in [-0.15, -0.1) is 0 Å². The van der Waals surface area contributed by atoms with E-state index in [4.69, 9.17) is 9.84 Å². The lowest BCUT2D eigenvalue weighted by atomic mass is 9.83. The maximum Gasteiger partial charge on any atom is 0.307 e. The molecule has 1 aromatic carbocycles. The van der Waals surface area contributed by atoms with Gasteiger partial charge in [0, 0.05) is 0 Å². The van der Waals surface area contributed by atoms with Crippen molar-refractivity contribution >= 4 is 11.9 Å². The van der Waals surface area contributed by atoms with Gasteiger partial charge in [0.05, 0.1) is 12.8 Å². The molecule has 1 unspecified atom stereocenters. The summed E-state index contributed by atoms with van der Waals surface area (Å²) in [6, 6.07) is 9.67. The van der Waals surface area contributed by atoms with Gasteiger partial charge in [0.2, 0.25) is 0 Å². The van der Waals surface area contributed by atoms with Crippen molar-refractivity contribution in [2.75, 3.05) is 0 Å². The molecule has 0 bridgehead atoms. The minimum absolute atomic E-state index is 0.0966. The molecule has 0 heterocycles. The van der Waals surface area contributed by atoms with E-state index in [-0.39, 0.29) is 12.8 Å². The standard InChI is InChI=1S/C18H26O4/c1-4-14(5-2)13-18(3,15-9-7-6-8-10-15)22-17(21)12-11-16(19)20/h6-10,14H,4-5,11-13H2,1-3H3,(H,19,20). The second-order valence-corrected chi connectivity index (χ2v) is 5.85. The summed E-state index contributed by atoms with van der Waals surface area (Å²) < 4.78 is 5.71. The van der Waals surface area contributed by atoms with Crippen molar-refractivity contribution in [3.63, 3.8) is 0 Å². The number of aliphatic carboxylic acids is 1. The summed E-state index contributed by atoms with van der Waals surface area (Å²) in [5.74, 6) is -0.990. The molecule has 0 saturated heterocycles. The third-order valence-corrected chi connectivity index (χ3v) is 4.10. The maximum absolute atomic E-state index is 12.0. The van der Waals surface area contributed by atoms with Crippen LogP contribution in [0.5, 0.6) is 0 Å². The molecule has 0 saturated carbocycles. The van der Waals surface area contributed by atoms with Gasteiger partial charge in [0.1, 0.15) is 5.60 Å². The molecule has 4 nitrogen and oxygen atoms in total. The first-order chi connectivity index (χ1) is 10.4. The third-order valence-electron chi connectivity index (χ3n) is 4.10. The highest BCUT2D eigenvalue weighted by Crippen LogP contribution is 2.35. The number of hydrogen-bond acceptors (Lipinski definition) is 3. The van der Waals surface area contributed by atoms with Crippen molar-refractivity contribution in [3.8, 4) is 0 Å². The van der Waals surface area contributed by atoms with Gasteiger partial charge in [-0.1, -0.05) is 57.0 Å². The number of esters is 1. The van der Waals surface area contributed by atoms with Crippen LogP contribution in [-0.2, 0) is 19.9 Å². The summed E-state index contributed by atoms with van der Waals surface area (Å²) in [4.78, 5) is 22.6. The predicted octanol–water partition coefficient (Wildman–Crippen LogP) is 4.14. The lowest BCUT2D eigenvalue weighted by Crippen LogP contribution is -2.32. The molecule has 4 heteroatoms. The molecule has 0 aliphatic heterocycles. The van der Waals surface area contributed by atoms with Gasteiger partial charge in [-0.25, -0.2) is 0 Å². The fourth-order valence-corrected chi connectivity index (χ4v) is 2.65. The van der Waals surface area contributed by atoms with Gasteiger partial charge in [-0.05, 0) is 24.8 Å². The summed E-state index contributed by atoms with van der Waals surface area (Å²) in [6.07, 6.45) is 2.48. The minimum Gasteiger partial charge on any atom is -0.481 e. The molecule has 1 N–H and O–H groups in total. The molecule has 0 fully saturated rings. The number of carboxylic acid groups (broad SMARTS) is 1. The number of rotatable bonds is 9. The molecule has 0 aliphatic rings. The van der Waals surface area contributed by atoms with Crippen LogP contribution in [-0.4, -0.2) is 17.0 Å². The van der Waals surface area contributed by atoms with E-state index in [1.807, 2.05) is 37.3 Å². The van der Waals surface area contributed by atoms with Crippen LogP contribution < -0.4 is 0 Å². The number of carboxylic acids is 1. The molecule has 0 spiro atoms. The van der Waals surface area contributed by atoms with E-state index in [1.165, 1.54) is 0 Å². The second-order valence-electron chi connectivity index (χ2n) is 5.85. The first-order valence-corrected chi connectivity index (χ1v) is 7.90. The monoisotopic (exact) mass is 306 g/mol. The lowest BCUT2D eigenvalue weighted by molar-refractivity contribution is -0.163. The first kappa shape index (κ1) is 18.2. The number of carbonyl (C=O) groups excluding carboxylic acids is 1. The summed E-state index contributed by atoms with van der Waals surface area (Å²) in [5, 5.41) is 8.69.